The molecule has 4 heteroatoms. The SMILES string of the molecule is CC(C)CCc1nc2c(c(=O)[nH]1)COCC2. The normalized spacial score (nSPS) is 15.2. The highest BCUT2D eigenvalue weighted by Gasteiger charge is 2.15. The summed E-state index contributed by atoms with van der Waals surface area (Å²) in [5.74, 6) is 1.45. The van der Waals surface area contributed by atoms with E-state index < -0.39 is 0 Å². The first-order chi connectivity index (χ1) is 7.66. The second-order valence-corrected chi connectivity index (χ2v) is 4.67. The van der Waals surface area contributed by atoms with Crippen molar-refractivity contribution in [2.45, 2.75) is 39.7 Å². The molecule has 1 aliphatic rings. The fraction of sp³-hybridized carbons (Fsp3) is 0.667. The van der Waals surface area contributed by atoms with Gasteiger partial charge < -0.3 is 9.72 Å². The van der Waals surface area contributed by atoms with Crippen LogP contribution in [0.3, 0.4) is 0 Å². The number of fused-ring (bicyclic) bond motifs is 1. The average molecular weight is 222 g/mol. The summed E-state index contributed by atoms with van der Waals surface area (Å²) in [6.07, 6.45) is 2.66. The van der Waals surface area contributed by atoms with Crippen LogP contribution in [-0.4, -0.2) is 16.6 Å². The fourth-order valence-corrected chi connectivity index (χ4v) is 1.84. The number of rotatable bonds is 3. The highest BCUT2D eigenvalue weighted by molar-refractivity contribution is 5.19. The van der Waals surface area contributed by atoms with Crippen molar-refractivity contribution in [1.82, 2.24) is 9.97 Å². The first-order valence-corrected chi connectivity index (χ1v) is 5.85. The van der Waals surface area contributed by atoms with Gasteiger partial charge >= 0.3 is 0 Å². The molecule has 0 radical (unpaired) electrons. The Labute approximate surface area is 95.1 Å². The quantitative estimate of drug-likeness (QED) is 0.841. The molecule has 1 N–H and O–H groups in total. The zero-order chi connectivity index (χ0) is 11.5. The van der Waals surface area contributed by atoms with Gasteiger partial charge in [0, 0.05) is 12.8 Å². The third-order valence-corrected chi connectivity index (χ3v) is 2.84. The van der Waals surface area contributed by atoms with Gasteiger partial charge in [-0.05, 0) is 12.3 Å². The first-order valence-electron chi connectivity index (χ1n) is 5.85. The van der Waals surface area contributed by atoms with Crippen molar-refractivity contribution in [1.29, 1.82) is 0 Å². The molecule has 0 atom stereocenters. The van der Waals surface area contributed by atoms with Gasteiger partial charge in [0.2, 0.25) is 0 Å². The lowest BCUT2D eigenvalue weighted by molar-refractivity contribution is 0.108. The summed E-state index contributed by atoms with van der Waals surface area (Å²) in [6, 6.07) is 0. The Morgan fingerprint density at radius 1 is 1.50 bits per heavy atom. The number of H-pyrrole nitrogens is 1. The summed E-state index contributed by atoms with van der Waals surface area (Å²) >= 11 is 0. The predicted octanol–water partition coefficient (Wildman–Crippen LogP) is 1.43. The number of hydrogen-bond acceptors (Lipinski definition) is 3. The van der Waals surface area contributed by atoms with E-state index in [0.29, 0.717) is 24.7 Å². The van der Waals surface area contributed by atoms with Gasteiger partial charge in [0.25, 0.3) is 5.56 Å². The molecule has 2 rings (SSSR count). The van der Waals surface area contributed by atoms with E-state index in [-0.39, 0.29) is 5.56 Å². The Bertz CT molecular complexity index is 424. The Morgan fingerprint density at radius 2 is 2.31 bits per heavy atom. The van der Waals surface area contributed by atoms with E-state index in [1.807, 2.05) is 0 Å². The van der Waals surface area contributed by atoms with Gasteiger partial charge in [-0.1, -0.05) is 13.8 Å². The number of ether oxygens (including phenoxy) is 1. The molecule has 1 aliphatic heterocycles. The van der Waals surface area contributed by atoms with Gasteiger partial charge in [-0.25, -0.2) is 4.98 Å². The third kappa shape index (κ3) is 2.50. The number of hydrogen-bond donors (Lipinski definition) is 1. The average Bonchev–Trinajstić information content (AvgIpc) is 2.26. The largest absolute Gasteiger partial charge is 0.376 e. The smallest absolute Gasteiger partial charge is 0.256 e. The van der Waals surface area contributed by atoms with E-state index >= 15 is 0 Å². The second-order valence-electron chi connectivity index (χ2n) is 4.67. The minimum Gasteiger partial charge on any atom is -0.376 e. The van der Waals surface area contributed by atoms with E-state index in [0.717, 1.165) is 30.8 Å². The molecule has 0 amide bonds. The number of nitrogens with zero attached hydrogens (tertiary/aromatic N) is 1. The number of aromatic nitrogens is 2. The number of aromatic amines is 1. The van der Waals surface area contributed by atoms with Gasteiger partial charge in [-0.3, -0.25) is 4.79 Å². The number of aryl methyl sites for hydroxylation is 1. The van der Waals surface area contributed by atoms with Crippen molar-refractivity contribution >= 4 is 0 Å². The molecule has 0 saturated carbocycles. The first kappa shape index (κ1) is 11.3. The minimum absolute atomic E-state index is 0.0246. The Hall–Kier alpha value is -1.16. The molecule has 16 heavy (non-hydrogen) atoms. The minimum atomic E-state index is -0.0246. The van der Waals surface area contributed by atoms with E-state index in [1.165, 1.54) is 0 Å². The summed E-state index contributed by atoms with van der Waals surface area (Å²) < 4.78 is 5.25. The molecular formula is C12H18N2O2. The van der Waals surface area contributed by atoms with Gasteiger partial charge in [-0.15, -0.1) is 0 Å². The molecule has 4 nitrogen and oxygen atoms in total. The van der Waals surface area contributed by atoms with Crippen LogP contribution in [0.15, 0.2) is 4.79 Å². The van der Waals surface area contributed by atoms with Gasteiger partial charge in [0.05, 0.1) is 24.5 Å². The van der Waals surface area contributed by atoms with E-state index in [4.69, 9.17) is 4.74 Å². The van der Waals surface area contributed by atoms with E-state index in [1.54, 1.807) is 0 Å². The third-order valence-electron chi connectivity index (χ3n) is 2.84. The van der Waals surface area contributed by atoms with Crippen LogP contribution in [0.25, 0.3) is 0 Å². The molecule has 0 aromatic carbocycles. The Morgan fingerprint density at radius 3 is 3.06 bits per heavy atom. The van der Waals surface area contributed by atoms with Crippen molar-refractivity contribution in [3.05, 3.63) is 27.4 Å². The standard InChI is InChI=1S/C12H18N2O2/c1-8(2)3-4-11-13-10-5-6-16-7-9(10)12(15)14-11/h8H,3-7H2,1-2H3,(H,13,14,15). The molecule has 88 valence electrons. The summed E-state index contributed by atoms with van der Waals surface area (Å²) in [4.78, 5) is 19.1. The monoisotopic (exact) mass is 222 g/mol. The predicted molar refractivity (Wildman–Crippen MR) is 61.4 cm³/mol. The Kier molecular flexibility index (Phi) is 3.39. The summed E-state index contributed by atoms with van der Waals surface area (Å²) in [5, 5.41) is 0. The van der Waals surface area contributed by atoms with Gasteiger partial charge in [0.15, 0.2) is 0 Å². The molecule has 0 saturated heterocycles. The summed E-state index contributed by atoms with van der Waals surface area (Å²) in [7, 11) is 0. The zero-order valence-electron chi connectivity index (χ0n) is 9.88. The molecule has 0 unspecified atom stereocenters. The summed E-state index contributed by atoms with van der Waals surface area (Å²) in [6.45, 7) is 5.42. The van der Waals surface area contributed by atoms with Crippen LogP contribution in [0, 0.1) is 5.92 Å². The molecule has 0 spiro atoms. The lowest BCUT2D eigenvalue weighted by Crippen LogP contribution is -2.25. The van der Waals surface area contributed by atoms with Crippen LogP contribution >= 0.6 is 0 Å². The van der Waals surface area contributed by atoms with Crippen molar-refractivity contribution in [3.8, 4) is 0 Å². The molecule has 1 aromatic rings. The molecule has 0 bridgehead atoms. The Balaban J connectivity index is 2.22. The van der Waals surface area contributed by atoms with E-state index in [2.05, 4.69) is 23.8 Å². The van der Waals surface area contributed by atoms with Crippen molar-refractivity contribution in [3.63, 3.8) is 0 Å². The maximum atomic E-state index is 11.8. The van der Waals surface area contributed by atoms with Crippen molar-refractivity contribution in [2.24, 2.45) is 5.92 Å². The van der Waals surface area contributed by atoms with Crippen LogP contribution in [0.4, 0.5) is 0 Å². The molecule has 0 fully saturated rings. The van der Waals surface area contributed by atoms with Gasteiger partial charge in [0.1, 0.15) is 5.82 Å². The second kappa shape index (κ2) is 4.78. The topological polar surface area (TPSA) is 55.0 Å². The molecule has 1 aromatic heterocycles. The lowest BCUT2D eigenvalue weighted by Gasteiger charge is -2.15. The van der Waals surface area contributed by atoms with Crippen LogP contribution in [0.1, 0.15) is 37.4 Å². The maximum Gasteiger partial charge on any atom is 0.256 e. The lowest BCUT2D eigenvalue weighted by atomic mass is 10.1. The molecule has 2 heterocycles. The fourth-order valence-electron chi connectivity index (χ4n) is 1.84. The maximum absolute atomic E-state index is 11.8. The zero-order valence-corrected chi connectivity index (χ0v) is 9.88. The van der Waals surface area contributed by atoms with E-state index in [9.17, 15) is 4.79 Å². The van der Waals surface area contributed by atoms with Crippen LogP contribution in [0.5, 0.6) is 0 Å². The van der Waals surface area contributed by atoms with Crippen molar-refractivity contribution < 1.29 is 4.74 Å². The van der Waals surface area contributed by atoms with Crippen LogP contribution < -0.4 is 5.56 Å². The highest BCUT2D eigenvalue weighted by atomic mass is 16.5. The molecular weight excluding hydrogens is 204 g/mol. The van der Waals surface area contributed by atoms with Crippen LogP contribution in [-0.2, 0) is 24.2 Å². The highest BCUT2D eigenvalue weighted by Crippen LogP contribution is 2.11. The molecule has 0 aliphatic carbocycles. The van der Waals surface area contributed by atoms with Gasteiger partial charge in [-0.2, -0.15) is 0 Å². The van der Waals surface area contributed by atoms with Crippen LogP contribution in [0.2, 0.25) is 0 Å². The number of nitrogens with one attached hydrogen (secondary N) is 1. The van der Waals surface area contributed by atoms with Crippen molar-refractivity contribution in [2.75, 3.05) is 6.61 Å². The summed E-state index contributed by atoms with van der Waals surface area (Å²) in [5.41, 5.74) is 1.61.